The van der Waals surface area contributed by atoms with E-state index < -0.39 is 17.6 Å². The number of hydrogen-bond donors (Lipinski definition) is 1. The largest absolute Gasteiger partial charge is 0.471 e. The summed E-state index contributed by atoms with van der Waals surface area (Å²) in [4.78, 5) is 26.5. The molecule has 0 radical (unpaired) electrons. The summed E-state index contributed by atoms with van der Waals surface area (Å²) in [6.45, 7) is 0. The molecule has 0 atom stereocenters. The summed E-state index contributed by atoms with van der Waals surface area (Å²) in [7, 11) is 0. The van der Waals surface area contributed by atoms with Gasteiger partial charge in [-0.1, -0.05) is 11.2 Å². The Morgan fingerprint density at radius 3 is 2.59 bits per heavy atom. The lowest BCUT2D eigenvalue weighted by Gasteiger charge is -2.06. The molecule has 4 aromatic rings. The number of halogens is 3. The first kappa shape index (κ1) is 16.9. The van der Waals surface area contributed by atoms with E-state index in [1.807, 2.05) is 0 Å². The molecule has 0 amide bonds. The van der Waals surface area contributed by atoms with Crippen LogP contribution in [0.3, 0.4) is 0 Å². The van der Waals surface area contributed by atoms with Crippen molar-refractivity contribution in [1.29, 1.82) is 0 Å². The van der Waals surface area contributed by atoms with Crippen LogP contribution in [0.1, 0.15) is 17.0 Å². The number of benzene rings is 1. The molecular formula is C17H10F3N5O2. The zero-order valence-electron chi connectivity index (χ0n) is 13.5. The van der Waals surface area contributed by atoms with Crippen LogP contribution in [0.15, 0.2) is 52.2 Å². The van der Waals surface area contributed by atoms with Gasteiger partial charge in [-0.25, -0.2) is 0 Å². The molecule has 0 saturated carbocycles. The van der Waals surface area contributed by atoms with Crippen LogP contribution < -0.4 is 5.56 Å². The van der Waals surface area contributed by atoms with Crippen LogP contribution >= 0.6 is 0 Å². The van der Waals surface area contributed by atoms with Crippen molar-refractivity contribution >= 4 is 11.0 Å². The first-order valence-corrected chi connectivity index (χ1v) is 7.73. The molecule has 0 saturated heterocycles. The van der Waals surface area contributed by atoms with Crippen LogP contribution in [0, 0.1) is 0 Å². The van der Waals surface area contributed by atoms with Crippen molar-refractivity contribution in [2.45, 2.75) is 12.6 Å². The van der Waals surface area contributed by atoms with Crippen molar-refractivity contribution in [3.8, 4) is 11.4 Å². The standard InChI is InChI=1S/C17H10F3N5O2/c18-17(19,20)16-24-14(25-27-16)10-3-4-23-15(26)11(10)7-9-1-2-12-13(8-9)22-6-5-21-12/h1-6,8H,7H2,(H,23,26). The summed E-state index contributed by atoms with van der Waals surface area (Å²) in [5.74, 6) is -1.77. The van der Waals surface area contributed by atoms with Gasteiger partial charge in [-0.15, -0.1) is 0 Å². The van der Waals surface area contributed by atoms with Gasteiger partial charge < -0.3 is 9.51 Å². The molecule has 0 bridgehead atoms. The van der Waals surface area contributed by atoms with Crippen molar-refractivity contribution in [2.75, 3.05) is 0 Å². The quantitative estimate of drug-likeness (QED) is 0.593. The third-order valence-electron chi connectivity index (χ3n) is 3.89. The number of aromatic nitrogens is 5. The maximum atomic E-state index is 12.7. The third-order valence-corrected chi connectivity index (χ3v) is 3.89. The number of rotatable bonds is 3. The van der Waals surface area contributed by atoms with E-state index in [1.54, 1.807) is 30.6 Å². The predicted octanol–water partition coefficient (Wildman–Crippen LogP) is 2.98. The Morgan fingerprint density at radius 1 is 1.07 bits per heavy atom. The number of nitrogens with zero attached hydrogens (tertiary/aromatic N) is 4. The molecule has 4 rings (SSSR count). The number of alkyl halides is 3. The molecule has 0 aliphatic heterocycles. The van der Waals surface area contributed by atoms with Crippen LogP contribution in [-0.4, -0.2) is 25.1 Å². The summed E-state index contributed by atoms with van der Waals surface area (Å²) in [6, 6.07) is 6.72. The molecule has 3 aromatic heterocycles. The second kappa shape index (κ2) is 6.31. The third kappa shape index (κ3) is 3.28. The SMILES string of the molecule is O=c1[nH]ccc(-c2noc(C(F)(F)F)n2)c1Cc1ccc2nccnc2c1. The molecule has 136 valence electrons. The van der Waals surface area contributed by atoms with Gasteiger partial charge in [0.05, 0.1) is 11.0 Å². The smallest absolute Gasteiger partial charge is 0.329 e. The van der Waals surface area contributed by atoms with Crippen molar-refractivity contribution in [3.05, 3.63) is 70.2 Å². The van der Waals surface area contributed by atoms with Crippen LogP contribution in [0.4, 0.5) is 13.2 Å². The Bertz CT molecular complexity index is 1180. The maximum Gasteiger partial charge on any atom is 0.471 e. The molecule has 0 spiro atoms. The number of fused-ring (bicyclic) bond motifs is 1. The first-order valence-electron chi connectivity index (χ1n) is 7.73. The van der Waals surface area contributed by atoms with Gasteiger partial charge in [0.15, 0.2) is 0 Å². The van der Waals surface area contributed by atoms with Crippen LogP contribution in [0.25, 0.3) is 22.4 Å². The van der Waals surface area contributed by atoms with Crippen molar-refractivity contribution in [2.24, 2.45) is 0 Å². The molecule has 10 heteroatoms. The number of pyridine rings is 1. The van der Waals surface area contributed by atoms with Crippen molar-refractivity contribution in [1.82, 2.24) is 25.1 Å². The Morgan fingerprint density at radius 2 is 1.85 bits per heavy atom. The lowest BCUT2D eigenvalue weighted by atomic mass is 10.0. The van der Waals surface area contributed by atoms with E-state index in [2.05, 4.69) is 29.6 Å². The van der Waals surface area contributed by atoms with Gasteiger partial charge in [0.2, 0.25) is 5.82 Å². The van der Waals surface area contributed by atoms with Crippen LogP contribution in [-0.2, 0) is 12.6 Å². The number of nitrogens with one attached hydrogen (secondary N) is 1. The van der Waals surface area contributed by atoms with E-state index in [0.29, 0.717) is 11.0 Å². The molecule has 1 aromatic carbocycles. The van der Waals surface area contributed by atoms with E-state index in [9.17, 15) is 18.0 Å². The number of aromatic amines is 1. The minimum Gasteiger partial charge on any atom is -0.329 e. The molecule has 0 aliphatic carbocycles. The van der Waals surface area contributed by atoms with Crippen LogP contribution in [0.5, 0.6) is 0 Å². The average Bonchev–Trinajstić information content (AvgIpc) is 3.14. The van der Waals surface area contributed by atoms with Gasteiger partial charge in [0, 0.05) is 36.1 Å². The molecule has 7 nitrogen and oxygen atoms in total. The Balaban J connectivity index is 1.76. The summed E-state index contributed by atoms with van der Waals surface area (Å²) in [6.07, 6.45) is -0.185. The van der Waals surface area contributed by atoms with Gasteiger partial charge in [0.25, 0.3) is 5.56 Å². The normalized spacial score (nSPS) is 11.8. The minimum absolute atomic E-state index is 0.147. The second-order valence-corrected chi connectivity index (χ2v) is 5.68. The Kier molecular flexibility index (Phi) is 3.94. The topological polar surface area (TPSA) is 97.6 Å². The van der Waals surface area contributed by atoms with Crippen LogP contribution in [0.2, 0.25) is 0 Å². The molecule has 27 heavy (non-hydrogen) atoms. The average molecular weight is 373 g/mol. The lowest BCUT2D eigenvalue weighted by Crippen LogP contribution is -2.14. The highest BCUT2D eigenvalue weighted by Gasteiger charge is 2.38. The van der Waals surface area contributed by atoms with Crippen molar-refractivity contribution < 1.29 is 17.7 Å². The molecule has 0 fully saturated rings. The zero-order chi connectivity index (χ0) is 19.0. The summed E-state index contributed by atoms with van der Waals surface area (Å²) >= 11 is 0. The fourth-order valence-electron chi connectivity index (χ4n) is 2.67. The molecular weight excluding hydrogens is 363 g/mol. The minimum atomic E-state index is -4.76. The van der Waals surface area contributed by atoms with Gasteiger partial charge in [-0.3, -0.25) is 14.8 Å². The van der Waals surface area contributed by atoms with Gasteiger partial charge >= 0.3 is 12.1 Å². The monoisotopic (exact) mass is 373 g/mol. The van der Waals surface area contributed by atoms with Gasteiger partial charge in [-0.2, -0.15) is 18.2 Å². The fourth-order valence-corrected chi connectivity index (χ4v) is 2.67. The van der Waals surface area contributed by atoms with E-state index >= 15 is 0 Å². The van der Waals surface area contributed by atoms with E-state index in [4.69, 9.17) is 0 Å². The van der Waals surface area contributed by atoms with Gasteiger partial charge in [0.1, 0.15) is 0 Å². The second-order valence-electron chi connectivity index (χ2n) is 5.68. The highest BCUT2D eigenvalue weighted by Crippen LogP contribution is 2.30. The number of hydrogen-bond acceptors (Lipinski definition) is 6. The number of H-pyrrole nitrogens is 1. The summed E-state index contributed by atoms with van der Waals surface area (Å²) in [5, 5.41) is 3.36. The van der Waals surface area contributed by atoms with E-state index in [-0.39, 0.29) is 23.4 Å². The molecule has 3 heterocycles. The lowest BCUT2D eigenvalue weighted by molar-refractivity contribution is -0.159. The first-order chi connectivity index (χ1) is 12.9. The molecule has 0 aliphatic rings. The summed E-state index contributed by atoms with van der Waals surface area (Å²) in [5.41, 5.74) is 2.00. The summed E-state index contributed by atoms with van der Waals surface area (Å²) < 4.78 is 42.4. The zero-order valence-corrected chi connectivity index (χ0v) is 13.5. The highest BCUT2D eigenvalue weighted by molar-refractivity contribution is 5.74. The van der Waals surface area contributed by atoms with Gasteiger partial charge in [-0.05, 0) is 23.8 Å². The van der Waals surface area contributed by atoms with Crippen molar-refractivity contribution in [3.63, 3.8) is 0 Å². The Hall–Kier alpha value is -3.56. The highest BCUT2D eigenvalue weighted by atomic mass is 19.4. The molecule has 0 unspecified atom stereocenters. The Labute approximate surface area is 148 Å². The van der Waals surface area contributed by atoms with E-state index in [1.165, 1.54) is 12.3 Å². The fraction of sp³-hybridized carbons (Fsp3) is 0.118. The maximum absolute atomic E-state index is 12.7. The molecule has 1 N–H and O–H groups in total. The van der Waals surface area contributed by atoms with E-state index in [0.717, 1.165) is 5.56 Å². The predicted molar refractivity (Wildman–Crippen MR) is 87.7 cm³/mol.